The normalized spacial score (nSPS) is 12.2. The van der Waals surface area contributed by atoms with Crippen molar-refractivity contribution in [1.82, 2.24) is 0 Å². The number of para-hydroxylation sites is 1. The number of amides is 1. The molecule has 0 radical (unpaired) electrons. The molecule has 0 spiro atoms. The molecule has 7 heteroatoms. The van der Waals surface area contributed by atoms with Crippen LogP contribution in [0.2, 0.25) is 0 Å². The van der Waals surface area contributed by atoms with Crippen molar-refractivity contribution in [2.75, 3.05) is 11.1 Å². The Bertz CT molecular complexity index is 565. The van der Waals surface area contributed by atoms with Crippen LogP contribution in [0.25, 0.3) is 0 Å². The number of anilines is 1. The predicted molar refractivity (Wildman–Crippen MR) is 75.6 cm³/mol. The molecule has 1 aromatic rings. The third-order valence-electron chi connectivity index (χ3n) is 2.06. The van der Waals surface area contributed by atoms with E-state index in [-0.39, 0.29) is 22.1 Å². The highest BCUT2D eigenvalue weighted by atomic mass is 32.3. The summed E-state index contributed by atoms with van der Waals surface area (Å²) in [6.07, 6.45) is 0. The number of hydrogen-bond acceptors (Lipinski definition) is 4. The molecule has 19 heavy (non-hydrogen) atoms. The highest BCUT2D eigenvalue weighted by Gasteiger charge is 2.19. The van der Waals surface area contributed by atoms with E-state index in [1.807, 2.05) is 20.8 Å². The maximum Gasteiger partial charge on any atom is 0.334 e. The molecular formula is C12H16FNO3S2. The van der Waals surface area contributed by atoms with Gasteiger partial charge in [-0.3, -0.25) is 4.79 Å². The maximum atomic E-state index is 13.0. The lowest BCUT2D eigenvalue weighted by molar-refractivity contribution is -0.113. The van der Waals surface area contributed by atoms with E-state index in [0.717, 1.165) is 6.07 Å². The van der Waals surface area contributed by atoms with Gasteiger partial charge >= 0.3 is 10.2 Å². The molecule has 0 saturated carbocycles. The van der Waals surface area contributed by atoms with Gasteiger partial charge in [-0.1, -0.05) is 32.9 Å². The van der Waals surface area contributed by atoms with Crippen molar-refractivity contribution >= 4 is 33.6 Å². The van der Waals surface area contributed by atoms with Gasteiger partial charge in [0.05, 0.1) is 11.4 Å². The van der Waals surface area contributed by atoms with Gasteiger partial charge in [0.2, 0.25) is 5.91 Å². The zero-order valence-corrected chi connectivity index (χ0v) is 12.6. The van der Waals surface area contributed by atoms with Crippen LogP contribution in [0, 0.1) is 0 Å². The first-order valence-electron chi connectivity index (χ1n) is 5.57. The second-order valence-electron chi connectivity index (χ2n) is 4.88. The Labute approximate surface area is 117 Å². The Balaban J connectivity index is 2.81. The number of rotatable bonds is 4. The van der Waals surface area contributed by atoms with Gasteiger partial charge < -0.3 is 5.32 Å². The fourth-order valence-corrected chi connectivity index (χ4v) is 2.51. The second kappa shape index (κ2) is 5.92. The molecule has 0 aromatic heterocycles. The van der Waals surface area contributed by atoms with Crippen LogP contribution in [0.5, 0.6) is 0 Å². The molecule has 0 aliphatic carbocycles. The summed E-state index contributed by atoms with van der Waals surface area (Å²) in [5, 5.41) is 2.41. The van der Waals surface area contributed by atoms with Crippen LogP contribution in [-0.4, -0.2) is 24.8 Å². The summed E-state index contributed by atoms with van der Waals surface area (Å²) in [5.74, 6) is -0.194. The van der Waals surface area contributed by atoms with Crippen molar-refractivity contribution in [3.63, 3.8) is 0 Å². The number of carbonyl (C=O) groups is 1. The number of carbonyl (C=O) groups excluding carboxylic acids is 1. The lowest BCUT2D eigenvalue weighted by Gasteiger charge is -2.17. The van der Waals surface area contributed by atoms with Gasteiger partial charge in [0.15, 0.2) is 0 Å². The monoisotopic (exact) mass is 305 g/mol. The van der Waals surface area contributed by atoms with Gasteiger partial charge in [-0.25, -0.2) is 0 Å². The summed E-state index contributed by atoms with van der Waals surface area (Å²) in [6, 6.07) is 5.39. The molecule has 0 fully saturated rings. The van der Waals surface area contributed by atoms with Gasteiger partial charge in [0, 0.05) is 4.75 Å². The van der Waals surface area contributed by atoms with Crippen LogP contribution in [0.1, 0.15) is 20.8 Å². The minimum Gasteiger partial charge on any atom is -0.324 e. The molecule has 0 aliphatic rings. The Hall–Kier alpha value is -1.08. The molecule has 0 unspecified atom stereocenters. The fourth-order valence-electron chi connectivity index (χ4n) is 1.25. The summed E-state index contributed by atoms with van der Waals surface area (Å²) < 4.78 is 34.8. The predicted octanol–water partition coefficient (Wildman–Crippen LogP) is 2.82. The van der Waals surface area contributed by atoms with E-state index in [1.165, 1.54) is 30.0 Å². The second-order valence-corrected chi connectivity index (χ2v) is 8.00. The van der Waals surface area contributed by atoms with E-state index in [0.29, 0.717) is 0 Å². The molecule has 0 bridgehead atoms. The van der Waals surface area contributed by atoms with Crippen molar-refractivity contribution in [1.29, 1.82) is 0 Å². The van der Waals surface area contributed by atoms with Crippen LogP contribution in [0.4, 0.5) is 9.57 Å². The highest BCUT2D eigenvalue weighted by Crippen LogP contribution is 2.25. The summed E-state index contributed by atoms with van der Waals surface area (Å²) in [5.41, 5.74) is -0.0375. The van der Waals surface area contributed by atoms with Gasteiger partial charge in [-0.15, -0.1) is 15.6 Å². The average Bonchev–Trinajstić information content (AvgIpc) is 2.25. The van der Waals surface area contributed by atoms with Gasteiger partial charge in [0.1, 0.15) is 4.90 Å². The van der Waals surface area contributed by atoms with E-state index < -0.39 is 15.1 Å². The fraction of sp³-hybridized carbons (Fsp3) is 0.417. The molecular weight excluding hydrogens is 289 g/mol. The molecule has 1 rings (SSSR count). The summed E-state index contributed by atoms with van der Waals surface area (Å²) in [6.45, 7) is 5.89. The number of benzene rings is 1. The summed E-state index contributed by atoms with van der Waals surface area (Å²) in [4.78, 5) is 11.2. The first-order chi connectivity index (χ1) is 8.59. The van der Waals surface area contributed by atoms with E-state index in [2.05, 4.69) is 5.32 Å². The third kappa shape index (κ3) is 5.61. The molecule has 106 valence electrons. The van der Waals surface area contributed by atoms with Crippen molar-refractivity contribution in [3.05, 3.63) is 24.3 Å². The zero-order valence-electron chi connectivity index (χ0n) is 10.9. The van der Waals surface area contributed by atoms with Crippen molar-refractivity contribution in [2.24, 2.45) is 0 Å². The lowest BCUT2D eigenvalue weighted by Crippen LogP contribution is -2.19. The molecule has 0 atom stereocenters. The third-order valence-corrected chi connectivity index (χ3v) is 4.21. The quantitative estimate of drug-likeness (QED) is 0.869. The van der Waals surface area contributed by atoms with E-state index >= 15 is 0 Å². The van der Waals surface area contributed by atoms with Crippen LogP contribution < -0.4 is 5.32 Å². The van der Waals surface area contributed by atoms with E-state index in [4.69, 9.17) is 0 Å². The molecule has 0 aliphatic heterocycles. The average molecular weight is 305 g/mol. The largest absolute Gasteiger partial charge is 0.334 e. The standard InChI is InChI=1S/C12H16FNO3S2/c1-12(2,3)18-8-11(15)14-9-6-4-5-7-10(9)19(13,16)17/h4-7H,8H2,1-3H3,(H,14,15). The van der Waals surface area contributed by atoms with Crippen molar-refractivity contribution in [3.8, 4) is 0 Å². The Morgan fingerprint density at radius 3 is 2.42 bits per heavy atom. The first-order valence-corrected chi connectivity index (χ1v) is 7.94. The molecule has 1 aromatic carbocycles. The maximum absolute atomic E-state index is 13.0. The first kappa shape index (κ1) is 16.0. The lowest BCUT2D eigenvalue weighted by atomic mass is 10.3. The minimum atomic E-state index is -4.84. The number of halogens is 1. The minimum absolute atomic E-state index is 0.0375. The SMILES string of the molecule is CC(C)(C)SCC(=O)Nc1ccccc1S(=O)(=O)F. The van der Waals surface area contributed by atoms with Gasteiger partial charge in [-0.2, -0.15) is 8.42 Å². The summed E-state index contributed by atoms with van der Waals surface area (Å²) in [7, 11) is -4.84. The van der Waals surface area contributed by atoms with Crippen molar-refractivity contribution < 1.29 is 17.1 Å². The topological polar surface area (TPSA) is 63.2 Å². The van der Waals surface area contributed by atoms with Gasteiger partial charge in [0.25, 0.3) is 0 Å². The van der Waals surface area contributed by atoms with Crippen LogP contribution >= 0.6 is 11.8 Å². The number of hydrogen-bond donors (Lipinski definition) is 1. The van der Waals surface area contributed by atoms with Crippen LogP contribution in [0.15, 0.2) is 29.2 Å². The summed E-state index contributed by atoms with van der Waals surface area (Å²) >= 11 is 1.42. The molecule has 1 N–H and O–H groups in total. The van der Waals surface area contributed by atoms with E-state index in [9.17, 15) is 17.1 Å². The Morgan fingerprint density at radius 2 is 1.89 bits per heavy atom. The molecule has 1 amide bonds. The Morgan fingerprint density at radius 1 is 1.32 bits per heavy atom. The van der Waals surface area contributed by atoms with Gasteiger partial charge in [-0.05, 0) is 12.1 Å². The smallest absolute Gasteiger partial charge is 0.324 e. The number of thioether (sulfide) groups is 1. The van der Waals surface area contributed by atoms with E-state index in [1.54, 1.807) is 0 Å². The highest BCUT2D eigenvalue weighted by molar-refractivity contribution is 8.01. The van der Waals surface area contributed by atoms with Crippen LogP contribution in [-0.2, 0) is 15.0 Å². The molecule has 4 nitrogen and oxygen atoms in total. The van der Waals surface area contributed by atoms with Crippen molar-refractivity contribution in [2.45, 2.75) is 30.4 Å². The zero-order chi connectivity index (χ0) is 14.7. The van der Waals surface area contributed by atoms with Crippen LogP contribution in [0.3, 0.4) is 0 Å². The number of nitrogens with one attached hydrogen (secondary N) is 1. The Kier molecular flexibility index (Phi) is 4.98. The molecule has 0 saturated heterocycles. The molecule has 0 heterocycles.